The van der Waals surface area contributed by atoms with Crippen LogP contribution in [0.1, 0.15) is 16.2 Å². The maximum atomic E-state index is 11.9. The van der Waals surface area contributed by atoms with Gasteiger partial charge in [-0.05, 0) is 12.1 Å². The van der Waals surface area contributed by atoms with Crippen LogP contribution in [0.25, 0.3) is 5.65 Å². The molecule has 1 N–H and O–H groups in total. The van der Waals surface area contributed by atoms with Crippen molar-refractivity contribution in [1.82, 2.24) is 24.4 Å². The van der Waals surface area contributed by atoms with E-state index in [-0.39, 0.29) is 17.8 Å². The Kier molecular flexibility index (Phi) is 2.75. The van der Waals surface area contributed by atoms with Crippen molar-refractivity contribution in [1.29, 1.82) is 0 Å². The first-order valence-corrected chi connectivity index (χ1v) is 5.74. The molecule has 0 fully saturated rings. The van der Waals surface area contributed by atoms with Crippen molar-refractivity contribution in [2.24, 2.45) is 0 Å². The fourth-order valence-electron chi connectivity index (χ4n) is 1.82. The highest BCUT2D eigenvalue weighted by Crippen LogP contribution is 2.01. The number of aromatic nitrogens is 5. The van der Waals surface area contributed by atoms with Crippen LogP contribution in [-0.4, -0.2) is 35.5 Å². The van der Waals surface area contributed by atoms with Crippen LogP contribution in [0.5, 0.6) is 0 Å². The zero-order valence-corrected chi connectivity index (χ0v) is 10.2. The van der Waals surface area contributed by atoms with Gasteiger partial charge in [0.15, 0.2) is 5.69 Å². The van der Waals surface area contributed by atoms with E-state index in [1.807, 2.05) is 0 Å². The molecule has 0 aromatic carbocycles. The number of rotatable bonds is 3. The number of carbonyl (C=O) groups is 1. The Labute approximate surface area is 111 Å². The molecule has 0 spiro atoms. The normalized spacial score (nSPS) is 10.8. The summed E-state index contributed by atoms with van der Waals surface area (Å²) in [5.74, 6) is -1.15. The number of fused-ring (bicyclic) bond motifs is 1. The van der Waals surface area contributed by atoms with E-state index in [0.717, 1.165) is 0 Å². The third-order valence-electron chi connectivity index (χ3n) is 2.71. The molecule has 8 heteroatoms. The van der Waals surface area contributed by atoms with Crippen molar-refractivity contribution in [3.05, 3.63) is 58.4 Å². The third kappa shape index (κ3) is 2.14. The molecule has 0 amide bonds. The van der Waals surface area contributed by atoms with Gasteiger partial charge in [0.05, 0.1) is 18.4 Å². The molecule has 3 aromatic rings. The van der Waals surface area contributed by atoms with Gasteiger partial charge in [-0.1, -0.05) is 11.3 Å². The van der Waals surface area contributed by atoms with Crippen molar-refractivity contribution < 1.29 is 9.90 Å². The molecular weight excluding hydrogens is 262 g/mol. The third-order valence-corrected chi connectivity index (χ3v) is 2.71. The van der Waals surface area contributed by atoms with Crippen LogP contribution in [0.4, 0.5) is 0 Å². The van der Waals surface area contributed by atoms with Gasteiger partial charge in [-0.15, -0.1) is 5.10 Å². The van der Waals surface area contributed by atoms with Crippen LogP contribution >= 0.6 is 0 Å². The summed E-state index contributed by atoms with van der Waals surface area (Å²) in [5, 5.41) is 15.9. The maximum Gasteiger partial charge on any atom is 0.358 e. The summed E-state index contributed by atoms with van der Waals surface area (Å²) >= 11 is 0. The van der Waals surface area contributed by atoms with E-state index in [2.05, 4.69) is 15.3 Å². The van der Waals surface area contributed by atoms with Crippen LogP contribution in [0.15, 0.2) is 41.5 Å². The van der Waals surface area contributed by atoms with E-state index in [1.54, 1.807) is 24.4 Å². The Balaban J connectivity index is 1.98. The maximum absolute atomic E-state index is 11.9. The second-order valence-corrected chi connectivity index (χ2v) is 4.12. The number of hydrogen-bond donors (Lipinski definition) is 1. The zero-order chi connectivity index (χ0) is 14.1. The average Bonchev–Trinajstić information content (AvgIpc) is 2.87. The first-order valence-electron chi connectivity index (χ1n) is 5.74. The highest BCUT2D eigenvalue weighted by Gasteiger charge is 2.09. The second-order valence-electron chi connectivity index (χ2n) is 4.12. The van der Waals surface area contributed by atoms with E-state index in [1.165, 1.54) is 21.3 Å². The molecule has 0 aliphatic rings. The van der Waals surface area contributed by atoms with E-state index in [0.29, 0.717) is 11.3 Å². The molecule has 0 aliphatic carbocycles. The predicted molar refractivity (Wildman–Crippen MR) is 67.5 cm³/mol. The molecule has 0 unspecified atom stereocenters. The Morgan fingerprint density at radius 1 is 1.35 bits per heavy atom. The molecule has 0 bridgehead atoms. The fraction of sp³-hybridized carbons (Fsp3) is 0.0833. The van der Waals surface area contributed by atoms with Gasteiger partial charge >= 0.3 is 5.97 Å². The molecule has 0 saturated heterocycles. The molecule has 0 atom stereocenters. The number of aromatic carboxylic acids is 1. The first-order chi connectivity index (χ1) is 9.63. The largest absolute Gasteiger partial charge is 0.476 e. The van der Waals surface area contributed by atoms with Gasteiger partial charge in [-0.3, -0.25) is 9.20 Å². The number of nitrogens with zero attached hydrogens (tertiary/aromatic N) is 5. The smallest absolute Gasteiger partial charge is 0.358 e. The molecule has 0 radical (unpaired) electrons. The number of carboxylic acid groups (broad SMARTS) is 1. The van der Waals surface area contributed by atoms with Gasteiger partial charge in [-0.25, -0.2) is 14.5 Å². The summed E-state index contributed by atoms with van der Waals surface area (Å²) in [6.45, 7) is 0.181. The van der Waals surface area contributed by atoms with Gasteiger partial charge in [0.25, 0.3) is 5.56 Å². The number of hydrogen-bond acceptors (Lipinski definition) is 5. The monoisotopic (exact) mass is 271 g/mol. The minimum Gasteiger partial charge on any atom is -0.476 e. The molecule has 20 heavy (non-hydrogen) atoms. The fourth-order valence-corrected chi connectivity index (χ4v) is 1.82. The minimum absolute atomic E-state index is 0.150. The lowest BCUT2D eigenvalue weighted by molar-refractivity contribution is 0.0690. The second kappa shape index (κ2) is 4.57. The summed E-state index contributed by atoms with van der Waals surface area (Å²) in [5.41, 5.74) is 0.656. The summed E-state index contributed by atoms with van der Waals surface area (Å²) in [7, 11) is 0. The Morgan fingerprint density at radius 2 is 2.20 bits per heavy atom. The topological polar surface area (TPSA) is 102 Å². The molecule has 0 saturated carbocycles. The number of pyridine rings is 1. The zero-order valence-electron chi connectivity index (χ0n) is 10.2. The van der Waals surface area contributed by atoms with Crippen LogP contribution in [-0.2, 0) is 6.54 Å². The Hall–Kier alpha value is -3.03. The van der Waals surface area contributed by atoms with Gasteiger partial charge in [0.2, 0.25) is 0 Å². The highest BCUT2D eigenvalue weighted by atomic mass is 16.4. The van der Waals surface area contributed by atoms with Gasteiger partial charge in [0, 0.05) is 12.3 Å². The molecule has 0 aliphatic heterocycles. The molecule has 100 valence electrons. The van der Waals surface area contributed by atoms with Crippen LogP contribution in [0.3, 0.4) is 0 Å². The Morgan fingerprint density at radius 3 is 2.95 bits per heavy atom. The van der Waals surface area contributed by atoms with Crippen molar-refractivity contribution in [2.45, 2.75) is 6.54 Å². The van der Waals surface area contributed by atoms with Crippen molar-refractivity contribution >= 4 is 11.6 Å². The standard InChI is InChI=1S/C12H9N5O3/c18-11-5-8(13-10-3-1-2-4-17(10)11)6-16-7-9(12(19)20)14-15-16/h1-5,7H,6H2,(H,19,20). The van der Waals surface area contributed by atoms with E-state index in [4.69, 9.17) is 5.11 Å². The van der Waals surface area contributed by atoms with Crippen molar-refractivity contribution in [3.63, 3.8) is 0 Å². The summed E-state index contributed by atoms with van der Waals surface area (Å²) in [6, 6.07) is 6.62. The Bertz CT molecular complexity index is 851. The molecule has 3 rings (SSSR count). The van der Waals surface area contributed by atoms with E-state index in [9.17, 15) is 9.59 Å². The predicted octanol–water partition coefficient (Wildman–Crippen LogP) is 0.0325. The van der Waals surface area contributed by atoms with Gasteiger partial charge in [-0.2, -0.15) is 0 Å². The summed E-state index contributed by atoms with van der Waals surface area (Å²) < 4.78 is 2.75. The van der Waals surface area contributed by atoms with E-state index >= 15 is 0 Å². The summed E-state index contributed by atoms with van der Waals surface area (Å²) in [4.78, 5) is 26.9. The lowest BCUT2D eigenvalue weighted by Crippen LogP contribution is -2.16. The van der Waals surface area contributed by atoms with Crippen molar-refractivity contribution in [3.8, 4) is 0 Å². The van der Waals surface area contributed by atoms with E-state index < -0.39 is 5.97 Å². The highest BCUT2D eigenvalue weighted by molar-refractivity contribution is 5.84. The van der Waals surface area contributed by atoms with Crippen molar-refractivity contribution in [2.75, 3.05) is 0 Å². The molecule has 8 nitrogen and oxygen atoms in total. The lowest BCUT2D eigenvalue weighted by atomic mass is 10.3. The van der Waals surface area contributed by atoms with Crippen LogP contribution in [0.2, 0.25) is 0 Å². The molecular formula is C12H9N5O3. The average molecular weight is 271 g/mol. The van der Waals surface area contributed by atoms with Crippen LogP contribution in [0, 0.1) is 0 Å². The molecule has 3 heterocycles. The minimum atomic E-state index is -1.15. The van der Waals surface area contributed by atoms with Gasteiger partial charge < -0.3 is 5.11 Å². The van der Waals surface area contributed by atoms with Crippen LogP contribution < -0.4 is 5.56 Å². The number of carboxylic acids is 1. The molecule has 3 aromatic heterocycles. The summed E-state index contributed by atoms with van der Waals surface area (Å²) in [6.07, 6.45) is 2.92. The quantitative estimate of drug-likeness (QED) is 0.721. The SMILES string of the molecule is O=C(O)c1cn(Cc2cc(=O)n3ccccc3n2)nn1. The lowest BCUT2D eigenvalue weighted by Gasteiger charge is -2.03. The first kappa shape index (κ1) is 12.0. The van der Waals surface area contributed by atoms with Gasteiger partial charge in [0.1, 0.15) is 5.65 Å².